The molecule has 0 saturated carbocycles. The lowest BCUT2D eigenvalue weighted by Crippen LogP contribution is -1.90. The predicted octanol–water partition coefficient (Wildman–Crippen LogP) is 2.93. The van der Waals surface area contributed by atoms with Crippen molar-refractivity contribution >= 4 is 11.9 Å². The number of pyridine rings is 2. The topological polar surface area (TPSA) is 103 Å². The van der Waals surface area contributed by atoms with Crippen LogP contribution in [0.15, 0.2) is 58.6 Å². The summed E-state index contributed by atoms with van der Waals surface area (Å²) >= 11 is 0. The first-order valence-corrected chi connectivity index (χ1v) is 7.45. The van der Waals surface area contributed by atoms with Crippen molar-refractivity contribution in [3.05, 3.63) is 54.6 Å². The van der Waals surface area contributed by atoms with E-state index in [0.29, 0.717) is 17.4 Å². The van der Waals surface area contributed by atoms with Gasteiger partial charge < -0.3 is 10.3 Å². The second-order valence-electron chi connectivity index (χ2n) is 4.91. The lowest BCUT2D eigenvalue weighted by molar-refractivity contribution is 0.432. The summed E-state index contributed by atoms with van der Waals surface area (Å²) in [6.45, 7) is 2.04. The van der Waals surface area contributed by atoms with Gasteiger partial charge in [0.2, 0.25) is 5.82 Å². The van der Waals surface area contributed by atoms with Crippen molar-refractivity contribution in [2.24, 2.45) is 10.7 Å². The molecule has 0 saturated heterocycles. The largest absolute Gasteiger partial charge is 0.390 e. The van der Waals surface area contributed by atoms with Gasteiger partial charge in [0.15, 0.2) is 0 Å². The van der Waals surface area contributed by atoms with Gasteiger partial charge in [-0.2, -0.15) is 4.98 Å². The van der Waals surface area contributed by atoms with Gasteiger partial charge >= 0.3 is 0 Å². The summed E-state index contributed by atoms with van der Waals surface area (Å²) in [4.78, 5) is 16.8. The van der Waals surface area contributed by atoms with Crippen LogP contribution in [0, 0.1) is 0 Å². The number of aromatic nitrogens is 4. The van der Waals surface area contributed by atoms with E-state index in [1.54, 1.807) is 24.8 Å². The van der Waals surface area contributed by atoms with E-state index in [2.05, 4.69) is 25.1 Å². The third-order valence-electron chi connectivity index (χ3n) is 3.37. The quantitative estimate of drug-likeness (QED) is 0.572. The van der Waals surface area contributed by atoms with Gasteiger partial charge in [0.25, 0.3) is 5.89 Å². The Labute approximate surface area is 139 Å². The molecule has 3 aromatic heterocycles. The highest BCUT2D eigenvalue weighted by Crippen LogP contribution is 2.24. The summed E-state index contributed by atoms with van der Waals surface area (Å²) in [6, 6.07) is 7.47. The third kappa shape index (κ3) is 3.35. The molecule has 0 spiro atoms. The molecule has 3 aromatic rings. The Morgan fingerprint density at radius 2 is 2.25 bits per heavy atom. The maximum absolute atomic E-state index is 5.34. The molecule has 7 heteroatoms. The number of nitrogens with zero attached hydrogens (tertiary/aromatic N) is 5. The molecule has 2 N–H and O–H groups in total. The zero-order valence-corrected chi connectivity index (χ0v) is 13.1. The summed E-state index contributed by atoms with van der Waals surface area (Å²) in [7, 11) is 0. The number of hydrogen-bond donors (Lipinski definition) is 1. The fourth-order valence-electron chi connectivity index (χ4n) is 2.18. The zero-order chi connectivity index (χ0) is 16.8. The minimum absolute atomic E-state index is 0.391. The van der Waals surface area contributed by atoms with Crippen molar-refractivity contribution in [1.82, 2.24) is 20.1 Å². The van der Waals surface area contributed by atoms with Crippen LogP contribution < -0.4 is 5.73 Å². The Morgan fingerprint density at radius 1 is 1.33 bits per heavy atom. The minimum Gasteiger partial charge on any atom is -0.390 e. The van der Waals surface area contributed by atoms with E-state index in [-0.39, 0.29) is 0 Å². The van der Waals surface area contributed by atoms with E-state index in [1.807, 2.05) is 31.2 Å². The average Bonchev–Trinajstić information content (AvgIpc) is 3.14. The number of hydrogen-bond acceptors (Lipinski definition) is 6. The fourth-order valence-corrected chi connectivity index (χ4v) is 2.18. The summed E-state index contributed by atoms with van der Waals surface area (Å²) in [5.74, 6) is 0.831. The molecule has 0 bridgehead atoms. The van der Waals surface area contributed by atoms with Crippen LogP contribution in [0.4, 0.5) is 0 Å². The highest BCUT2D eigenvalue weighted by Gasteiger charge is 2.12. The van der Waals surface area contributed by atoms with Gasteiger partial charge in [-0.15, -0.1) is 0 Å². The van der Waals surface area contributed by atoms with Crippen molar-refractivity contribution < 1.29 is 4.52 Å². The molecule has 120 valence electrons. The monoisotopic (exact) mass is 320 g/mol. The Morgan fingerprint density at radius 3 is 3.00 bits per heavy atom. The Hall–Kier alpha value is -3.35. The molecule has 0 aliphatic heterocycles. The molecule has 0 aliphatic carbocycles. The maximum Gasteiger partial charge on any atom is 0.259 e. The van der Waals surface area contributed by atoms with Gasteiger partial charge in [-0.3, -0.25) is 9.97 Å². The van der Waals surface area contributed by atoms with Gasteiger partial charge in [-0.05, 0) is 35.8 Å². The number of nitrogens with two attached hydrogens (primary N) is 1. The van der Waals surface area contributed by atoms with Crippen molar-refractivity contribution in [2.75, 3.05) is 0 Å². The lowest BCUT2D eigenvalue weighted by Gasteiger charge is -2.04. The Bertz CT molecular complexity index is 870. The molecule has 24 heavy (non-hydrogen) atoms. The Balaban J connectivity index is 1.94. The van der Waals surface area contributed by atoms with Gasteiger partial charge in [-0.1, -0.05) is 18.1 Å². The van der Waals surface area contributed by atoms with Crippen LogP contribution in [-0.4, -0.2) is 26.4 Å². The standard InChI is InChI=1S/C17H16N6O/c1-2-12(8-20-11-18)13-7-14(10-19-9-13)17-22-16(23-24-17)15-5-3-4-6-21-15/h3-11H,2H2,1H3,(H2,18,20)/b12-8+. The van der Waals surface area contributed by atoms with Gasteiger partial charge in [0.05, 0.1) is 11.9 Å². The zero-order valence-electron chi connectivity index (χ0n) is 13.1. The van der Waals surface area contributed by atoms with Crippen molar-refractivity contribution in [1.29, 1.82) is 0 Å². The average molecular weight is 320 g/mol. The van der Waals surface area contributed by atoms with Crippen LogP contribution >= 0.6 is 0 Å². The first-order chi connectivity index (χ1) is 11.8. The van der Waals surface area contributed by atoms with Gasteiger partial charge in [-0.25, -0.2) is 4.99 Å². The number of allylic oxidation sites excluding steroid dienone is 1. The van der Waals surface area contributed by atoms with Gasteiger partial charge in [0.1, 0.15) is 5.69 Å². The van der Waals surface area contributed by atoms with Crippen LogP contribution in [-0.2, 0) is 0 Å². The van der Waals surface area contributed by atoms with Crippen LogP contribution in [0.5, 0.6) is 0 Å². The SMILES string of the molecule is CC/C(=C\N=CN)c1cncc(-c2nc(-c3ccccn3)no2)c1. The van der Waals surface area contributed by atoms with Crippen molar-refractivity contribution in [2.45, 2.75) is 13.3 Å². The number of rotatable bonds is 5. The molecule has 3 heterocycles. The van der Waals surface area contributed by atoms with Crippen molar-refractivity contribution in [3.63, 3.8) is 0 Å². The summed E-state index contributed by atoms with van der Waals surface area (Å²) in [5.41, 5.74) is 8.63. The molecule has 0 aliphatic rings. The lowest BCUT2D eigenvalue weighted by atomic mass is 10.1. The molecule has 7 nitrogen and oxygen atoms in total. The molecule has 3 rings (SSSR count). The van der Waals surface area contributed by atoms with Crippen LogP contribution in [0.2, 0.25) is 0 Å². The highest BCUT2D eigenvalue weighted by molar-refractivity contribution is 5.70. The second kappa shape index (κ2) is 7.28. The maximum atomic E-state index is 5.34. The summed E-state index contributed by atoms with van der Waals surface area (Å²) < 4.78 is 5.34. The fraction of sp³-hybridized carbons (Fsp3) is 0.118. The van der Waals surface area contributed by atoms with Crippen molar-refractivity contribution in [3.8, 4) is 23.0 Å². The van der Waals surface area contributed by atoms with E-state index in [4.69, 9.17) is 10.3 Å². The molecular weight excluding hydrogens is 304 g/mol. The van der Waals surface area contributed by atoms with Crippen LogP contribution in [0.1, 0.15) is 18.9 Å². The molecule has 0 aromatic carbocycles. The molecule has 0 amide bonds. The second-order valence-corrected chi connectivity index (χ2v) is 4.91. The first-order valence-electron chi connectivity index (χ1n) is 7.45. The molecule has 0 unspecified atom stereocenters. The van der Waals surface area contributed by atoms with E-state index in [9.17, 15) is 0 Å². The van der Waals surface area contributed by atoms with E-state index in [0.717, 1.165) is 23.1 Å². The van der Waals surface area contributed by atoms with Gasteiger partial charge in [0, 0.05) is 24.8 Å². The normalized spacial score (nSPS) is 12.0. The Kier molecular flexibility index (Phi) is 4.71. The summed E-state index contributed by atoms with van der Waals surface area (Å²) in [6.07, 6.45) is 8.90. The van der Waals surface area contributed by atoms with E-state index in [1.165, 1.54) is 6.34 Å². The predicted molar refractivity (Wildman–Crippen MR) is 91.7 cm³/mol. The molecular formula is C17H16N6O. The van der Waals surface area contributed by atoms with Crippen LogP contribution in [0.3, 0.4) is 0 Å². The van der Waals surface area contributed by atoms with Crippen LogP contribution in [0.25, 0.3) is 28.5 Å². The third-order valence-corrected chi connectivity index (χ3v) is 3.37. The molecule has 0 fully saturated rings. The first kappa shape index (κ1) is 15.5. The van der Waals surface area contributed by atoms with E-state index < -0.39 is 0 Å². The van der Waals surface area contributed by atoms with E-state index >= 15 is 0 Å². The number of aliphatic imine (C=N–C) groups is 1. The molecule has 0 radical (unpaired) electrons. The smallest absolute Gasteiger partial charge is 0.259 e. The molecule has 0 atom stereocenters. The minimum atomic E-state index is 0.391. The highest BCUT2D eigenvalue weighted by atomic mass is 16.5. The summed E-state index contributed by atoms with van der Waals surface area (Å²) in [5, 5.41) is 3.98.